The number of nitrogen functional groups attached to an aromatic ring is 1. The maximum Gasteiger partial charge on any atom is 0.290 e. The van der Waals surface area contributed by atoms with Crippen molar-refractivity contribution in [2.75, 3.05) is 5.73 Å². The number of anilines is 1. The summed E-state index contributed by atoms with van der Waals surface area (Å²) in [6.45, 7) is 0.495. The van der Waals surface area contributed by atoms with E-state index in [2.05, 4.69) is 15.3 Å². The lowest BCUT2D eigenvalue weighted by Gasteiger charge is -2.03. The number of benzene rings is 1. The Morgan fingerprint density at radius 2 is 2.04 bits per heavy atom. The molecule has 2 aromatic heterocycles. The van der Waals surface area contributed by atoms with E-state index in [1.165, 1.54) is 24.4 Å². The number of aryl methyl sites for hydroxylation is 1. The fraction of sp³-hybridized carbons (Fsp3) is 0.125. The van der Waals surface area contributed by atoms with E-state index in [4.69, 9.17) is 17.3 Å². The summed E-state index contributed by atoms with van der Waals surface area (Å²) in [4.78, 5) is 10.3. The van der Waals surface area contributed by atoms with Crippen molar-refractivity contribution in [2.45, 2.75) is 6.54 Å². The van der Waals surface area contributed by atoms with Crippen LogP contribution in [0.4, 0.5) is 22.9 Å². The molecule has 0 saturated carbocycles. The molecule has 0 aliphatic heterocycles. The van der Waals surface area contributed by atoms with E-state index < -0.39 is 4.92 Å². The number of halogens is 1. The standard InChI is InChI=1S/C16H15ClN7O2/c1-22-6-4-11(5-7-22)10-23-16(18)14(9-19-23)21-20-12-2-3-13(17)15(8-12)24(25)26/h2-9H,10,18H2,1H3/q+1. The van der Waals surface area contributed by atoms with Gasteiger partial charge in [0.15, 0.2) is 12.4 Å². The van der Waals surface area contributed by atoms with Crippen molar-refractivity contribution in [1.82, 2.24) is 9.78 Å². The highest BCUT2D eigenvalue weighted by Gasteiger charge is 2.13. The molecule has 0 atom stereocenters. The Bertz CT molecular complexity index is 983. The first-order chi connectivity index (χ1) is 12.4. The van der Waals surface area contributed by atoms with Crippen molar-refractivity contribution >= 4 is 34.5 Å². The van der Waals surface area contributed by atoms with Gasteiger partial charge in [0, 0.05) is 18.2 Å². The molecule has 26 heavy (non-hydrogen) atoms. The Kier molecular flexibility index (Phi) is 4.90. The summed E-state index contributed by atoms with van der Waals surface area (Å²) in [5.41, 5.74) is 7.54. The zero-order valence-corrected chi connectivity index (χ0v) is 14.5. The maximum atomic E-state index is 10.9. The molecule has 9 nitrogen and oxygen atoms in total. The van der Waals surface area contributed by atoms with E-state index in [1.807, 2.05) is 36.1 Å². The van der Waals surface area contributed by atoms with Crippen molar-refractivity contribution in [2.24, 2.45) is 17.3 Å². The number of pyridine rings is 1. The highest BCUT2D eigenvalue weighted by atomic mass is 35.5. The Hall–Kier alpha value is -3.33. The molecule has 2 N–H and O–H groups in total. The third-order valence-corrected chi connectivity index (χ3v) is 3.96. The number of hydrogen-bond donors (Lipinski definition) is 1. The number of nitro benzene ring substituents is 1. The first-order valence-corrected chi connectivity index (χ1v) is 7.93. The highest BCUT2D eigenvalue weighted by molar-refractivity contribution is 6.32. The van der Waals surface area contributed by atoms with Crippen LogP contribution in [0.25, 0.3) is 0 Å². The molecule has 0 fully saturated rings. The average Bonchev–Trinajstić information content (AvgIpc) is 2.96. The third kappa shape index (κ3) is 3.83. The summed E-state index contributed by atoms with van der Waals surface area (Å²) in [6, 6.07) is 8.11. The zero-order valence-electron chi connectivity index (χ0n) is 13.8. The number of nitrogens with two attached hydrogens (primary N) is 1. The lowest BCUT2D eigenvalue weighted by Crippen LogP contribution is -2.26. The first kappa shape index (κ1) is 17.5. The van der Waals surface area contributed by atoms with Crippen LogP contribution < -0.4 is 10.3 Å². The second-order valence-corrected chi connectivity index (χ2v) is 5.94. The molecule has 0 bridgehead atoms. The van der Waals surface area contributed by atoms with Gasteiger partial charge in [0.2, 0.25) is 0 Å². The van der Waals surface area contributed by atoms with Gasteiger partial charge in [-0.3, -0.25) is 10.1 Å². The van der Waals surface area contributed by atoms with Crippen LogP contribution in [0.2, 0.25) is 5.02 Å². The smallest absolute Gasteiger partial charge is 0.290 e. The van der Waals surface area contributed by atoms with Crippen LogP contribution in [0.3, 0.4) is 0 Å². The second-order valence-electron chi connectivity index (χ2n) is 5.54. The fourth-order valence-corrected chi connectivity index (χ4v) is 2.40. The van der Waals surface area contributed by atoms with Crippen molar-refractivity contribution in [3.8, 4) is 0 Å². The van der Waals surface area contributed by atoms with Crippen LogP contribution in [-0.2, 0) is 13.6 Å². The first-order valence-electron chi connectivity index (χ1n) is 7.55. The topological polar surface area (TPSA) is 116 Å². The normalized spacial score (nSPS) is 11.2. The van der Waals surface area contributed by atoms with Crippen LogP contribution in [0, 0.1) is 10.1 Å². The van der Waals surface area contributed by atoms with Gasteiger partial charge < -0.3 is 5.73 Å². The third-order valence-electron chi connectivity index (χ3n) is 3.64. The Labute approximate surface area is 153 Å². The molecule has 0 unspecified atom stereocenters. The number of hydrogen-bond acceptors (Lipinski definition) is 6. The molecule has 10 heteroatoms. The Balaban J connectivity index is 1.80. The number of azo groups is 1. The summed E-state index contributed by atoms with van der Waals surface area (Å²) >= 11 is 5.77. The zero-order chi connectivity index (χ0) is 18.7. The number of rotatable bonds is 5. The van der Waals surface area contributed by atoms with Gasteiger partial charge in [-0.15, -0.1) is 5.11 Å². The summed E-state index contributed by atoms with van der Waals surface area (Å²) in [7, 11) is 1.94. The lowest BCUT2D eigenvalue weighted by atomic mass is 10.3. The number of nitro groups is 1. The molecule has 0 amide bonds. The molecular weight excluding hydrogens is 358 g/mol. The maximum absolute atomic E-state index is 10.9. The van der Waals surface area contributed by atoms with Gasteiger partial charge >= 0.3 is 0 Å². The van der Waals surface area contributed by atoms with Gasteiger partial charge in [-0.25, -0.2) is 9.25 Å². The summed E-state index contributed by atoms with van der Waals surface area (Å²) in [6.07, 6.45) is 5.36. The van der Waals surface area contributed by atoms with Gasteiger partial charge in [0.1, 0.15) is 23.6 Å². The Morgan fingerprint density at radius 1 is 1.31 bits per heavy atom. The second kappa shape index (κ2) is 7.28. The van der Waals surface area contributed by atoms with Crippen LogP contribution in [0.1, 0.15) is 5.56 Å². The molecule has 0 aliphatic rings. The van der Waals surface area contributed by atoms with Gasteiger partial charge in [0.25, 0.3) is 5.69 Å². The van der Waals surface area contributed by atoms with Crippen molar-refractivity contribution in [1.29, 1.82) is 0 Å². The molecule has 0 spiro atoms. The van der Waals surface area contributed by atoms with Crippen LogP contribution in [0.5, 0.6) is 0 Å². The molecule has 1 aromatic carbocycles. The van der Waals surface area contributed by atoms with E-state index in [9.17, 15) is 10.1 Å². The minimum absolute atomic E-state index is 0.0394. The van der Waals surface area contributed by atoms with Crippen LogP contribution in [0.15, 0.2) is 59.2 Å². The van der Waals surface area contributed by atoms with Gasteiger partial charge in [-0.05, 0) is 17.7 Å². The van der Waals surface area contributed by atoms with E-state index in [1.54, 1.807) is 4.68 Å². The molecule has 132 valence electrons. The predicted molar refractivity (Wildman–Crippen MR) is 95.6 cm³/mol. The summed E-state index contributed by atoms with van der Waals surface area (Å²) in [5.74, 6) is 0.352. The number of nitrogens with zero attached hydrogens (tertiary/aromatic N) is 6. The van der Waals surface area contributed by atoms with Crippen molar-refractivity contribution < 1.29 is 9.49 Å². The van der Waals surface area contributed by atoms with Gasteiger partial charge in [-0.2, -0.15) is 10.2 Å². The minimum atomic E-state index is -0.576. The van der Waals surface area contributed by atoms with Crippen molar-refractivity contribution in [3.63, 3.8) is 0 Å². The molecule has 0 saturated heterocycles. The van der Waals surface area contributed by atoms with Gasteiger partial charge in [-0.1, -0.05) is 11.6 Å². The number of aromatic nitrogens is 3. The molecule has 0 radical (unpaired) electrons. The molecule has 3 rings (SSSR count). The SMILES string of the molecule is C[n+]1ccc(Cn2ncc(N=Nc3ccc(Cl)c([N+](=O)[O-])c3)c2N)cc1. The van der Waals surface area contributed by atoms with E-state index >= 15 is 0 Å². The van der Waals surface area contributed by atoms with E-state index in [0.717, 1.165) is 5.56 Å². The minimum Gasteiger partial charge on any atom is -0.382 e. The van der Waals surface area contributed by atoms with E-state index in [-0.39, 0.29) is 10.7 Å². The average molecular weight is 373 g/mol. The van der Waals surface area contributed by atoms with Crippen LogP contribution in [-0.4, -0.2) is 14.7 Å². The van der Waals surface area contributed by atoms with Gasteiger partial charge in [0.05, 0.1) is 23.4 Å². The largest absolute Gasteiger partial charge is 0.382 e. The quantitative estimate of drug-likeness (QED) is 0.320. The Morgan fingerprint density at radius 3 is 2.73 bits per heavy atom. The molecule has 3 aromatic rings. The molecular formula is C16H15ClN7O2+. The van der Waals surface area contributed by atoms with Crippen LogP contribution >= 0.6 is 11.6 Å². The van der Waals surface area contributed by atoms with Crippen molar-refractivity contribution in [3.05, 3.63) is 69.6 Å². The summed E-state index contributed by atoms with van der Waals surface area (Å²) < 4.78 is 3.54. The van der Waals surface area contributed by atoms with E-state index in [0.29, 0.717) is 23.7 Å². The molecule has 2 heterocycles. The predicted octanol–water partition coefficient (Wildman–Crippen LogP) is 3.32. The molecule has 0 aliphatic carbocycles. The highest BCUT2D eigenvalue weighted by Crippen LogP contribution is 2.30. The summed E-state index contributed by atoms with van der Waals surface area (Å²) in [5, 5.41) is 23.2. The lowest BCUT2D eigenvalue weighted by molar-refractivity contribution is -0.671. The fourth-order valence-electron chi connectivity index (χ4n) is 2.21. The monoisotopic (exact) mass is 372 g/mol.